The average molecular weight is 239 g/mol. The molecule has 1 aromatic heterocycles. The van der Waals surface area contributed by atoms with Gasteiger partial charge in [-0.1, -0.05) is 13.8 Å². The Labute approximate surface area is 99.8 Å². The van der Waals surface area contributed by atoms with E-state index in [-0.39, 0.29) is 5.97 Å². The van der Waals surface area contributed by atoms with Gasteiger partial charge in [0.25, 0.3) is 0 Å². The van der Waals surface area contributed by atoms with E-state index in [4.69, 9.17) is 4.74 Å². The van der Waals surface area contributed by atoms with Gasteiger partial charge in [0, 0.05) is 11.8 Å². The summed E-state index contributed by atoms with van der Waals surface area (Å²) in [4.78, 5) is 16.2. The fourth-order valence-electron chi connectivity index (χ4n) is 1.86. The first-order chi connectivity index (χ1) is 7.58. The van der Waals surface area contributed by atoms with E-state index < -0.39 is 5.41 Å². The number of ether oxygens (including phenoxy) is 1. The number of methoxy groups -OCH3 is 1. The van der Waals surface area contributed by atoms with Crippen molar-refractivity contribution in [3.8, 4) is 0 Å². The summed E-state index contributed by atoms with van der Waals surface area (Å²) in [5, 5.41) is 3.14. The van der Waals surface area contributed by atoms with Gasteiger partial charge in [0.2, 0.25) is 0 Å². The second-order valence-corrected chi connectivity index (χ2v) is 5.74. The van der Waals surface area contributed by atoms with Gasteiger partial charge >= 0.3 is 5.97 Å². The molecule has 16 heavy (non-hydrogen) atoms. The number of rotatable bonds is 4. The first-order valence-electron chi connectivity index (χ1n) is 5.62. The summed E-state index contributed by atoms with van der Waals surface area (Å²) in [6.07, 6.45) is 2.75. The van der Waals surface area contributed by atoms with E-state index >= 15 is 0 Å². The summed E-state index contributed by atoms with van der Waals surface area (Å²) in [5.74, 6) is 0.473. The van der Waals surface area contributed by atoms with Crippen molar-refractivity contribution in [2.45, 2.75) is 38.5 Å². The standard InChI is InChI=1S/C12H17NO2S/c1-8(2)6-10-13-9(7-16-10)12(4-5-12)11(14)15-3/h7-8H,4-6H2,1-3H3. The molecule has 1 fully saturated rings. The zero-order valence-electron chi connectivity index (χ0n) is 9.95. The molecule has 4 heteroatoms. The summed E-state index contributed by atoms with van der Waals surface area (Å²) in [7, 11) is 1.45. The van der Waals surface area contributed by atoms with Crippen molar-refractivity contribution in [2.24, 2.45) is 5.92 Å². The highest BCUT2D eigenvalue weighted by Crippen LogP contribution is 2.49. The van der Waals surface area contributed by atoms with Crippen molar-refractivity contribution >= 4 is 17.3 Å². The first-order valence-corrected chi connectivity index (χ1v) is 6.50. The lowest BCUT2D eigenvalue weighted by Gasteiger charge is -2.08. The minimum absolute atomic E-state index is 0.131. The molecule has 0 spiro atoms. The van der Waals surface area contributed by atoms with Crippen LogP contribution in [0.25, 0.3) is 0 Å². The van der Waals surface area contributed by atoms with Gasteiger partial charge in [-0.3, -0.25) is 4.79 Å². The Morgan fingerprint density at radius 1 is 1.62 bits per heavy atom. The lowest BCUT2D eigenvalue weighted by Crippen LogP contribution is -2.22. The topological polar surface area (TPSA) is 39.2 Å². The Balaban J connectivity index is 2.16. The van der Waals surface area contributed by atoms with Gasteiger partial charge in [-0.15, -0.1) is 11.3 Å². The lowest BCUT2D eigenvalue weighted by molar-refractivity contribution is -0.143. The van der Waals surface area contributed by atoms with Crippen LogP contribution in [0.4, 0.5) is 0 Å². The Morgan fingerprint density at radius 3 is 2.81 bits per heavy atom. The smallest absolute Gasteiger partial charge is 0.317 e. The van der Waals surface area contributed by atoms with Crippen molar-refractivity contribution < 1.29 is 9.53 Å². The molecular weight excluding hydrogens is 222 g/mol. The summed E-state index contributed by atoms with van der Waals surface area (Å²) in [5.41, 5.74) is 0.514. The van der Waals surface area contributed by atoms with Gasteiger partial charge in [0.05, 0.1) is 17.8 Å². The molecule has 0 radical (unpaired) electrons. The van der Waals surface area contributed by atoms with Crippen LogP contribution in [-0.4, -0.2) is 18.1 Å². The molecule has 0 amide bonds. The van der Waals surface area contributed by atoms with Crippen LogP contribution in [0.2, 0.25) is 0 Å². The minimum atomic E-state index is -0.402. The van der Waals surface area contributed by atoms with E-state index in [1.807, 2.05) is 5.38 Å². The van der Waals surface area contributed by atoms with Crippen molar-refractivity contribution in [3.63, 3.8) is 0 Å². The van der Waals surface area contributed by atoms with E-state index in [1.165, 1.54) is 7.11 Å². The number of nitrogens with zero attached hydrogens (tertiary/aromatic N) is 1. The summed E-state index contributed by atoms with van der Waals surface area (Å²) < 4.78 is 4.85. The maximum atomic E-state index is 11.7. The lowest BCUT2D eigenvalue weighted by atomic mass is 10.0. The molecular formula is C12H17NO2S. The van der Waals surface area contributed by atoms with Crippen LogP contribution in [0.5, 0.6) is 0 Å². The highest BCUT2D eigenvalue weighted by molar-refractivity contribution is 7.09. The fourth-order valence-corrected chi connectivity index (χ4v) is 2.97. The van der Waals surface area contributed by atoms with Gasteiger partial charge in [-0.2, -0.15) is 0 Å². The molecule has 0 aliphatic heterocycles. The van der Waals surface area contributed by atoms with E-state index in [1.54, 1.807) is 11.3 Å². The molecule has 0 unspecified atom stereocenters. The Morgan fingerprint density at radius 2 is 2.31 bits per heavy atom. The predicted molar refractivity (Wildman–Crippen MR) is 63.6 cm³/mol. The molecule has 0 atom stereocenters. The fraction of sp³-hybridized carbons (Fsp3) is 0.667. The molecule has 1 aromatic rings. The number of carbonyl (C=O) groups excluding carboxylic acids is 1. The Hall–Kier alpha value is -0.900. The van der Waals surface area contributed by atoms with Gasteiger partial charge in [-0.05, 0) is 18.8 Å². The molecule has 1 saturated carbocycles. The average Bonchev–Trinajstić information content (AvgIpc) is 2.93. The zero-order chi connectivity index (χ0) is 11.8. The van der Waals surface area contributed by atoms with Crippen LogP contribution in [0.1, 0.15) is 37.4 Å². The second-order valence-electron chi connectivity index (χ2n) is 4.80. The number of hydrogen-bond acceptors (Lipinski definition) is 4. The van der Waals surface area contributed by atoms with Crippen LogP contribution in [0.3, 0.4) is 0 Å². The highest BCUT2D eigenvalue weighted by atomic mass is 32.1. The SMILES string of the molecule is COC(=O)C1(c2csc(CC(C)C)n2)CC1. The van der Waals surface area contributed by atoms with Gasteiger partial charge < -0.3 is 4.74 Å². The zero-order valence-corrected chi connectivity index (χ0v) is 10.8. The normalized spacial score (nSPS) is 17.5. The van der Waals surface area contributed by atoms with Crippen molar-refractivity contribution in [1.29, 1.82) is 0 Å². The summed E-state index contributed by atoms with van der Waals surface area (Å²) >= 11 is 1.65. The first kappa shape index (κ1) is 11.6. The Bertz CT molecular complexity index is 393. The highest BCUT2D eigenvalue weighted by Gasteiger charge is 2.54. The third kappa shape index (κ3) is 1.98. The molecule has 0 N–H and O–H groups in total. The number of hydrogen-bond donors (Lipinski definition) is 0. The monoisotopic (exact) mass is 239 g/mol. The molecule has 1 aliphatic carbocycles. The largest absolute Gasteiger partial charge is 0.468 e. The van der Waals surface area contributed by atoms with Crippen LogP contribution < -0.4 is 0 Å². The summed E-state index contributed by atoms with van der Waals surface area (Å²) in [6, 6.07) is 0. The van der Waals surface area contributed by atoms with E-state index in [0.717, 1.165) is 30.0 Å². The third-order valence-electron chi connectivity index (χ3n) is 2.95. The van der Waals surface area contributed by atoms with Gasteiger partial charge in [0.15, 0.2) is 0 Å². The molecule has 1 aliphatic rings. The Kier molecular flexibility index (Phi) is 3.02. The van der Waals surface area contributed by atoms with Crippen molar-refractivity contribution in [2.75, 3.05) is 7.11 Å². The van der Waals surface area contributed by atoms with Crippen LogP contribution in [0, 0.1) is 5.92 Å². The molecule has 3 nitrogen and oxygen atoms in total. The maximum Gasteiger partial charge on any atom is 0.317 e. The molecule has 1 heterocycles. The van der Waals surface area contributed by atoms with E-state index in [2.05, 4.69) is 18.8 Å². The van der Waals surface area contributed by atoms with Gasteiger partial charge in [-0.25, -0.2) is 4.98 Å². The number of thiazole rings is 1. The quantitative estimate of drug-likeness (QED) is 0.758. The summed E-state index contributed by atoms with van der Waals surface area (Å²) in [6.45, 7) is 4.35. The number of carbonyl (C=O) groups is 1. The number of aromatic nitrogens is 1. The molecule has 0 saturated heterocycles. The van der Waals surface area contributed by atoms with Gasteiger partial charge in [0.1, 0.15) is 5.41 Å². The van der Waals surface area contributed by atoms with Crippen LogP contribution in [-0.2, 0) is 21.4 Å². The third-order valence-corrected chi connectivity index (χ3v) is 3.82. The molecule has 0 bridgehead atoms. The van der Waals surface area contributed by atoms with Crippen LogP contribution >= 0.6 is 11.3 Å². The van der Waals surface area contributed by atoms with Crippen molar-refractivity contribution in [3.05, 3.63) is 16.1 Å². The second kappa shape index (κ2) is 4.17. The molecule has 88 valence electrons. The maximum absolute atomic E-state index is 11.7. The minimum Gasteiger partial charge on any atom is -0.468 e. The van der Waals surface area contributed by atoms with Crippen molar-refractivity contribution in [1.82, 2.24) is 4.98 Å². The predicted octanol–water partition coefficient (Wildman–Crippen LogP) is 2.55. The van der Waals surface area contributed by atoms with E-state index in [0.29, 0.717) is 5.92 Å². The van der Waals surface area contributed by atoms with Crippen LogP contribution in [0.15, 0.2) is 5.38 Å². The molecule has 2 rings (SSSR count). The van der Waals surface area contributed by atoms with E-state index in [9.17, 15) is 4.79 Å². The number of esters is 1. The molecule has 0 aromatic carbocycles.